The lowest BCUT2D eigenvalue weighted by Crippen LogP contribution is -2.18. The molecule has 0 aliphatic heterocycles. The van der Waals surface area contributed by atoms with Crippen LogP contribution >= 0.6 is 11.8 Å². The van der Waals surface area contributed by atoms with Gasteiger partial charge in [0.1, 0.15) is 11.5 Å². The smallest absolute Gasteiger partial charge is 0.234 e. The van der Waals surface area contributed by atoms with Gasteiger partial charge in [0.05, 0.1) is 30.3 Å². The lowest BCUT2D eigenvalue weighted by atomic mass is 9.95. The zero-order chi connectivity index (χ0) is 21.5. The van der Waals surface area contributed by atoms with Gasteiger partial charge < -0.3 is 19.4 Å². The Bertz CT molecular complexity index is 860. The first-order valence-electron chi connectivity index (χ1n) is 10.9. The summed E-state index contributed by atoms with van der Waals surface area (Å²) in [6.07, 6.45) is 6.23. The zero-order valence-electron chi connectivity index (χ0n) is 18.5. The van der Waals surface area contributed by atoms with Gasteiger partial charge in [-0.25, -0.2) is 4.98 Å². The van der Waals surface area contributed by atoms with Gasteiger partial charge in [-0.05, 0) is 52.7 Å². The van der Waals surface area contributed by atoms with E-state index in [0.29, 0.717) is 42.2 Å². The van der Waals surface area contributed by atoms with Crippen LogP contribution in [0.4, 0.5) is 5.69 Å². The Morgan fingerprint density at radius 2 is 1.90 bits per heavy atom. The second-order valence-corrected chi connectivity index (χ2v) is 8.53. The number of ether oxygens (including phenoxy) is 2. The molecule has 1 heterocycles. The fourth-order valence-corrected chi connectivity index (χ4v) is 4.89. The van der Waals surface area contributed by atoms with Crippen molar-refractivity contribution in [2.24, 2.45) is 0 Å². The van der Waals surface area contributed by atoms with Crippen LogP contribution in [0.2, 0.25) is 0 Å². The second kappa shape index (κ2) is 10.8. The molecule has 164 valence electrons. The molecule has 1 aliphatic rings. The minimum atomic E-state index is -0.0805. The van der Waals surface area contributed by atoms with Gasteiger partial charge in [-0.2, -0.15) is 0 Å². The van der Waals surface area contributed by atoms with Crippen molar-refractivity contribution in [3.8, 4) is 11.5 Å². The number of rotatable bonds is 9. The highest BCUT2D eigenvalue weighted by Gasteiger charge is 2.22. The normalized spacial score (nSPS) is 14.5. The summed E-state index contributed by atoms with van der Waals surface area (Å²) >= 11 is 1.50. The number of hydrogen-bond acceptors (Lipinski definition) is 5. The second-order valence-electron chi connectivity index (χ2n) is 7.59. The summed E-state index contributed by atoms with van der Waals surface area (Å²) in [6, 6.07) is 6.00. The average Bonchev–Trinajstić information content (AvgIpc) is 3.03. The molecule has 30 heavy (non-hydrogen) atoms. The fraction of sp³-hybridized carbons (Fsp3) is 0.565. The maximum Gasteiger partial charge on any atom is 0.234 e. The Labute approximate surface area is 183 Å². The molecule has 1 aromatic heterocycles. The summed E-state index contributed by atoms with van der Waals surface area (Å²) < 4.78 is 13.6. The molecule has 0 saturated heterocycles. The van der Waals surface area contributed by atoms with Crippen molar-refractivity contribution in [3.63, 3.8) is 0 Å². The van der Waals surface area contributed by atoms with E-state index in [1.165, 1.54) is 49.6 Å². The van der Waals surface area contributed by atoms with Crippen LogP contribution in [0, 0.1) is 13.8 Å². The topological polar surface area (TPSA) is 65.4 Å². The van der Waals surface area contributed by atoms with Crippen LogP contribution < -0.4 is 14.8 Å². The summed E-state index contributed by atoms with van der Waals surface area (Å²) in [6.45, 7) is 9.14. The van der Waals surface area contributed by atoms with E-state index in [0.717, 1.165) is 10.9 Å². The number of benzene rings is 1. The van der Waals surface area contributed by atoms with Crippen LogP contribution in [0.25, 0.3) is 0 Å². The van der Waals surface area contributed by atoms with Gasteiger partial charge in [0.25, 0.3) is 0 Å². The number of aryl methyl sites for hydroxylation is 1. The Morgan fingerprint density at radius 3 is 2.60 bits per heavy atom. The third kappa shape index (κ3) is 5.50. The van der Waals surface area contributed by atoms with Gasteiger partial charge in [0.15, 0.2) is 5.16 Å². The molecule has 3 rings (SSSR count). The molecule has 1 aliphatic carbocycles. The number of carbonyl (C=O) groups is 1. The van der Waals surface area contributed by atoms with Crippen molar-refractivity contribution < 1.29 is 14.3 Å². The predicted octanol–water partition coefficient (Wildman–Crippen LogP) is 5.53. The highest BCUT2D eigenvalue weighted by atomic mass is 32.2. The third-order valence-corrected chi connectivity index (χ3v) is 6.42. The number of anilines is 1. The first-order valence-corrected chi connectivity index (χ1v) is 11.9. The molecule has 0 bridgehead atoms. The fourth-order valence-electron chi connectivity index (χ4n) is 3.93. The molecule has 1 saturated carbocycles. The average molecular weight is 432 g/mol. The highest BCUT2D eigenvalue weighted by Crippen LogP contribution is 2.34. The van der Waals surface area contributed by atoms with Gasteiger partial charge in [0, 0.05) is 17.8 Å². The molecule has 0 spiro atoms. The van der Waals surface area contributed by atoms with E-state index in [2.05, 4.69) is 16.8 Å². The predicted molar refractivity (Wildman–Crippen MR) is 122 cm³/mol. The van der Waals surface area contributed by atoms with E-state index in [1.54, 1.807) is 0 Å². The number of thioether (sulfide) groups is 1. The van der Waals surface area contributed by atoms with Crippen LogP contribution in [0.3, 0.4) is 0 Å². The number of amides is 1. The Balaban J connectivity index is 1.69. The van der Waals surface area contributed by atoms with E-state index in [4.69, 9.17) is 14.5 Å². The van der Waals surface area contributed by atoms with Gasteiger partial charge in [0.2, 0.25) is 5.91 Å². The van der Waals surface area contributed by atoms with Gasteiger partial charge in [-0.3, -0.25) is 4.79 Å². The maximum atomic E-state index is 12.7. The number of imidazole rings is 1. The molecule has 0 atom stereocenters. The summed E-state index contributed by atoms with van der Waals surface area (Å²) in [5.74, 6) is 1.58. The number of hydrogen-bond donors (Lipinski definition) is 1. The van der Waals surface area contributed by atoms with Crippen LogP contribution in [0.15, 0.2) is 23.4 Å². The molecule has 1 fully saturated rings. The summed E-state index contributed by atoms with van der Waals surface area (Å²) in [5.41, 5.74) is 2.90. The number of aromatic nitrogens is 2. The monoisotopic (exact) mass is 431 g/mol. The molecule has 6 nitrogen and oxygen atoms in total. The summed E-state index contributed by atoms with van der Waals surface area (Å²) in [4.78, 5) is 17.5. The van der Waals surface area contributed by atoms with Crippen LogP contribution in [0.5, 0.6) is 11.5 Å². The number of nitrogens with zero attached hydrogens (tertiary/aromatic N) is 2. The standard InChI is InChI=1S/C23H33N3O3S/c1-5-28-19-12-13-21(29-6-2)20(14-19)25-22(27)15-30-23-24-16(3)17(4)26(23)18-10-8-7-9-11-18/h12-14,18H,5-11,15H2,1-4H3,(H,25,27). The molecular formula is C23H33N3O3S. The minimum Gasteiger partial charge on any atom is -0.494 e. The highest BCUT2D eigenvalue weighted by molar-refractivity contribution is 7.99. The van der Waals surface area contributed by atoms with Crippen molar-refractivity contribution in [2.45, 2.75) is 71.0 Å². The quantitative estimate of drug-likeness (QED) is 0.529. The number of nitrogens with one attached hydrogen (secondary N) is 1. The lowest BCUT2D eigenvalue weighted by Gasteiger charge is -2.26. The van der Waals surface area contributed by atoms with E-state index >= 15 is 0 Å². The zero-order valence-corrected chi connectivity index (χ0v) is 19.3. The molecule has 2 aromatic rings. The van der Waals surface area contributed by atoms with E-state index < -0.39 is 0 Å². The van der Waals surface area contributed by atoms with E-state index in [-0.39, 0.29) is 5.91 Å². The van der Waals surface area contributed by atoms with Crippen molar-refractivity contribution in [3.05, 3.63) is 29.6 Å². The van der Waals surface area contributed by atoms with Gasteiger partial charge in [-0.1, -0.05) is 31.0 Å². The largest absolute Gasteiger partial charge is 0.494 e. The van der Waals surface area contributed by atoms with Crippen molar-refractivity contribution in [1.82, 2.24) is 9.55 Å². The molecule has 0 radical (unpaired) electrons. The molecule has 7 heteroatoms. The van der Waals surface area contributed by atoms with Gasteiger partial charge in [-0.15, -0.1) is 0 Å². The Hall–Kier alpha value is -2.15. The van der Waals surface area contributed by atoms with Crippen molar-refractivity contribution in [2.75, 3.05) is 24.3 Å². The SMILES string of the molecule is CCOc1ccc(OCC)c(NC(=O)CSc2nc(C)c(C)n2C2CCCCC2)c1. The van der Waals surface area contributed by atoms with Crippen LogP contribution in [-0.4, -0.2) is 34.4 Å². The Kier molecular flexibility index (Phi) is 8.08. The maximum absolute atomic E-state index is 12.7. The molecular weight excluding hydrogens is 398 g/mol. The molecule has 0 unspecified atom stereocenters. The van der Waals surface area contributed by atoms with E-state index in [1.807, 2.05) is 39.0 Å². The first kappa shape index (κ1) is 22.5. The van der Waals surface area contributed by atoms with Crippen molar-refractivity contribution in [1.29, 1.82) is 0 Å². The lowest BCUT2D eigenvalue weighted by molar-refractivity contribution is -0.113. The molecule has 1 N–H and O–H groups in total. The number of carbonyl (C=O) groups excluding carboxylic acids is 1. The van der Waals surface area contributed by atoms with E-state index in [9.17, 15) is 4.79 Å². The van der Waals surface area contributed by atoms with Gasteiger partial charge >= 0.3 is 0 Å². The Morgan fingerprint density at radius 1 is 1.17 bits per heavy atom. The third-order valence-electron chi connectivity index (χ3n) is 5.46. The summed E-state index contributed by atoms with van der Waals surface area (Å²) in [7, 11) is 0. The molecule has 1 aromatic carbocycles. The van der Waals surface area contributed by atoms with Crippen molar-refractivity contribution >= 4 is 23.4 Å². The molecule has 1 amide bonds. The van der Waals surface area contributed by atoms with Crippen LogP contribution in [-0.2, 0) is 4.79 Å². The summed E-state index contributed by atoms with van der Waals surface area (Å²) in [5, 5.41) is 3.93. The minimum absolute atomic E-state index is 0.0805. The first-order chi connectivity index (χ1) is 14.5. The van der Waals surface area contributed by atoms with Crippen LogP contribution in [0.1, 0.15) is 63.4 Å².